The average Bonchev–Trinajstić information content (AvgIpc) is 3.40. The Bertz CT molecular complexity index is 1890. The molecule has 0 aliphatic carbocycles. The Hall–Kier alpha value is -4.77. The van der Waals surface area contributed by atoms with Crippen molar-refractivity contribution in [2.45, 2.75) is 52.5 Å². The van der Waals surface area contributed by atoms with Crippen molar-refractivity contribution in [3.05, 3.63) is 154 Å². The first kappa shape index (κ1) is 30.3. The lowest BCUT2D eigenvalue weighted by atomic mass is 9.91. The van der Waals surface area contributed by atoms with E-state index in [1.807, 2.05) is 48.2 Å². The van der Waals surface area contributed by atoms with Crippen LogP contribution in [0.15, 0.2) is 109 Å². The van der Waals surface area contributed by atoms with Gasteiger partial charge in [0.2, 0.25) is 0 Å². The topological polar surface area (TPSA) is 38.1 Å². The lowest BCUT2D eigenvalue weighted by Crippen LogP contribution is -2.38. The van der Waals surface area contributed by atoms with Gasteiger partial charge in [0.25, 0.3) is 5.91 Å². The molecule has 0 unspecified atom stereocenters. The number of nitrogens with zero attached hydrogens (tertiary/aromatic N) is 3. The smallest absolute Gasteiger partial charge is 0.253 e. The monoisotopic (exact) mass is 597 g/mol. The van der Waals surface area contributed by atoms with E-state index in [-0.39, 0.29) is 17.6 Å². The number of hydrogen-bond donors (Lipinski definition) is 0. The number of carbonyl (C=O) groups excluding carboxylic acids is 1. The summed E-state index contributed by atoms with van der Waals surface area (Å²) >= 11 is 0. The molecule has 1 amide bonds. The van der Waals surface area contributed by atoms with Crippen molar-refractivity contribution in [2.24, 2.45) is 0 Å². The fourth-order valence-corrected chi connectivity index (χ4v) is 6.40. The van der Waals surface area contributed by atoms with E-state index in [1.165, 1.54) is 11.6 Å². The number of rotatable bonds is 8. The minimum atomic E-state index is -0.234. The van der Waals surface area contributed by atoms with Crippen LogP contribution in [0.25, 0.3) is 16.6 Å². The van der Waals surface area contributed by atoms with Crippen molar-refractivity contribution >= 4 is 22.5 Å². The molecule has 1 aliphatic heterocycles. The molecular weight excluding hydrogens is 557 g/mol. The highest BCUT2D eigenvalue weighted by molar-refractivity contribution is 5.95. The van der Waals surface area contributed by atoms with Gasteiger partial charge in [-0.1, -0.05) is 78.4 Å². The first-order valence-corrected chi connectivity index (χ1v) is 15.8. The molecule has 4 nitrogen and oxygen atoms in total. The summed E-state index contributed by atoms with van der Waals surface area (Å²) < 4.78 is 16.2. The van der Waals surface area contributed by atoms with Gasteiger partial charge >= 0.3 is 0 Å². The second kappa shape index (κ2) is 13.1. The molecule has 4 aromatic carbocycles. The predicted molar refractivity (Wildman–Crippen MR) is 182 cm³/mol. The number of allylic oxidation sites excluding steroid dienone is 2. The van der Waals surface area contributed by atoms with Crippen LogP contribution >= 0.6 is 0 Å². The first-order valence-electron chi connectivity index (χ1n) is 15.8. The highest BCUT2D eigenvalue weighted by Gasteiger charge is 2.28. The highest BCUT2D eigenvalue weighted by Crippen LogP contribution is 2.33. The number of aromatic nitrogens is 2. The number of hydrogen-bond acceptors (Lipinski definition) is 2. The molecule has 0 atom stereocenters. The number of carbonyl (C=O) groups is 1. The molecule has 0 radical (unpaired) electrons. The number of halogens is 1. The molecule has 1 aliphatic rings. The lowest BCUT2D eigenvalue weighted by molar-refractivity contribution is 0.0710. The SMILES string of the molecule is C=C(C)C/C=C(/c1ccc(C)cc1)c1ccc(C(=O)N2CCC(c3nc4ccccc4n3Cc3cccc(F)c3)CC2)cc1C. The zero-order chi connectivity index (χ0) is 31.5. The number of aryl methyl sites for hydroxylation is 2. The van der Waals surface area contributed by atoms with Crippen molar-refractivity contribution in [3.8, 4) is 0 Å². The molecule has 0 saturated carbocycles. The molecule has 5 heteroatoms. The summed E-state index contributed by atoms with van der Waals surface area (Å²) in [6.07, 6.45) is 4.70. The van der Waals surface area contributed by atoms with E-state index in [9.17, 15) is 9.18 Å². The van der Waals surface area contributed by atoms with Gasteiger partial charge in [-0.05, 0) is 104 Å². The van der Waals surface area contributed by atoms with Gasteiger partial charge in [0.05, 0.1) is 11.0 Å². The van der Waals surface area contributed by atoms with Gasteiger partial charge in [-0.3, -0.25) is 4.79 Å². The van der Waals surface area contributed by atoms with Gasteiger partial charge in [-0.15, -0.1) is 0 Å². The fourth-order valence-electron chi connectivity index (χ4n) is 6.40. The molecule has 1 fully saturated rings. The van der Waals surface area contributed by atoms with Crippen LogP contribution in [0.3, 0.4) is 0 Å². The summed E-state index contributed by atoms with van der Waals surface area (Å²) in [6, 6.07) is 29.6. The second-order valence-electron chi connectivity index (χ2n) is 12.4. The number of likely N-dealkylation sites (tertiary alicyclic amines) is 1. The van der Waals surface area contributed by atoms with E-state index in [1.54, 1.807) is 12.1 Å². The third-order valence-corrected chi connectivity index (χ3v) is 8.84. The van der Waals surface area contributed by atoms with E-state index in [0.29, 0.717) is 19.6 Å². The molecule has 0 bridgehead atoms. The number of amides is 1. The maximum Gasteiger partial charge on any atom is 0.253 e. The van der Waals surface area contributed by atoms with Crippen molar-refractivity contribution < 1.29 is 9.18 Å². The minimum Gasteiger partial charge on any atom is -0.339 e. The summed E-state index contributed by atoms with van der Waals surface area (Å²) in [5.74, 6) is 1.06. The maximum absolute atomic E-state index is 14.0. The van der Waals surface area contributed by atoms with Gasteiger partial charge in [0.15, 0.2) is 0 Å². The van der Waals surface area contributed by atoms with Gasteiger partial charge in [-0.25, -0.2) is 9.37 Å². The van der Waals surface area contributed by atoms with Crippen molar-refractivity contribution in [1.82, 2.24) is 14.5 Å². The Balaban J connectivity index is 1.20. The molecule has 5 aromatic rings. The van der Waals surface area contributed by atoms with Crippen LogP contribution in [0, 0.1) is 19.7 Å². The predicted octanol–water partition coefficient (Wildman–Crippen LogP) is 9.26. The third kappa shape index (κ3) is 6.68. The summed E-state index contributed by atoms with van der Waals surface area (Å²) in [6.45, 7) is 12.2. The van der Waals surface area contributed by atoms with Gasteiger partial charge in [-0.2, -0.15) is 0 Å². The van der Waals surface area contributed by atoms with E-state index in [0.717, 1.165) is 75.1 Å². The van der Waals surface area contributed by atoms with E-state index in [2.05, 4.69) is 67.5 Å². The molecular formula is C40H40FN3O. The molecule has 1 aromatic heterocycles. The molecule has 228 valence electrons. The summed E-state index contributed by atoms with van der Waals surface area (Å²) in [5.41, 5.74) is 10.5. The molecule has 45 heavy (non-hydrogen) atoms. The molecule has 1 saturated heterocycles. The van der Waals surface area contributed by atoms with Gasteiger partial charge in [0, 0.05) is 31.1 Å². The minimum absolute atomic E-state index is 0.0687. The summed E-state index contributed by atoms with van der Waals surface area (Å²) in [5, 5.41) is 0. The number of benzene rings is 4. The largest absolute Gasteiger partial charge is 0.339 e. The molecule has 6 rings (SSSR count). The standard InChI is InChI=1S/C40H40FN3O/c1-27(2)12-18-36(31-15-13-28(3)14-16-31)35-19-17-33(24-29(35)4)40(45)43-22-20-32(21-23-43)39-42-37-10-5-6-11-38(37)44(39)26-30-8-7-9-34(41)25-30/h5-11,13-19,24-25,32H,1,12,20-23,26H2,2-4H3/b36-18-. The highest BCUT2D eigenvalue weighted by atomic mass is 19.1. The van der Waals surface area contributed by atoms with Gasteiger partial charge < -0.3 is 9.47 Å². The van der Waals surface area contributed by atoms with E-state index in [4.69, 9.17) is 4.98 Å². The molecule has 0 spiro atoms. The normalized spacial score (nSPS) is 14.2. The first-order chi connectivity index (χ1) is 21.8. The van der Waals surface area contributed by atoms with E-state index >= 15 is 0 Å². The Morgan fingerprint density at radius 3 is 2.38 bits per heavy atom. The number of imidazole rings is 1. The Kier molecular flexibility index (Phi) is 8.79. The van der Waals surface area contributed by atoms with Crippen LogP contribution in [-0.2, 0) is 6.54 Å². The molecule has 2 heterocycles. The number of fused-ring (bicyclic) bond motifs is 1. The van der Waals surface area contributed by atoms with Crippen LogP contribution in [0.4, 0.5) is 4.39 Å². The Morgan fingerprint density at radius 1 is 0.933 bits per heavy atom. The quantitative estimate of drug-likeness (QED) is 0.167. The number of para-hydroxylation sites is 2. The van der Waals surface area contributed by atoms with Crippen molar-refractivity contribution in [2.75, 3.05) is 13.1 Å². The molecule has 0 N–H and O–H groups in total. The van der Waals surface area contributed by atoms with Crippen molar-refractivity contribution in [1.29, 1.82) is 0 Å². The van der Waals surface area contributed by atoms with Crippen LogP contribution < -0.4 is 0 Å². The lowest BCUT2D eigenvalue weighted by Gasteiger charge is -2.32. The van der Waals surface area contributed by atoms with Crippen LogP contribution in [0.5, 0.6) is 0 Å². The Morgan fingerprint density at radius 2 is 1.67 bits per heavy atom. The van der Waals surface area contributed by atoms with Crippen LogP contribution in [0.1, 0.15) is 76.1 Å². The van der Waals surface area contributed by atoms with E-state index < -0.39 is 0 Å². The number of piperidine rings is 1. The zero-order valence-corrected chi connectivity index (χ0v) is 26.4. The van der Waals surface area contributed by atoms with Crippen molar-refractivity contribution in [3.63, 3.8) is 0 Å². The van der Waals surface area contributed by atoms with Crippen LogP contribution in [-0.4, -0.2) is 33.4 Å². The van der Waals surface area contributed by atoms with Crippen LogP contribution in [0.2, 0.25) is 0 Å². The fraction of sp³-hybridized carbons (Fsp3) is 0.250. The second-order valence-corrected chi connectivity index (χ2v) is 12.4. The zero-order valence-electron chi connectivity index (χ0n) is 26.4. The maximum atomic E-state index is 14.0. The summed E-state index contributed by atoms with van der Waals surface area (Å²) in [7, 11) is 0. The Labute approximate surface area is 265 Å². The summed E-state index contributed by atoms with van der Waals surface area (Å²) in [4.78, 5) is 20.7. The average molecular weight is 598 g/mol. The van der Waals surface area contributed by atoms with Gasteiger partial charge in [0.1, 0.15) is 11.6 Å². The third-order valence-electron chi connectivity index (χ3n) is 8.84.